The van der Waals surface area contributed by atoms with E-state index in [2.05, 4.69) is 39.8 Å². The van der Waals surface area contributed by atoms with Gasteiger partial charge in [0.1, 0.15) is 5.75 Å². The SMILES string of the molecule is Cc1ccc(CC2(N)CC2)c(OC(C)C)c1C. The highest BCUT2D eigenvalue weighted by Gasteiger charge is 2.38. The minimum atomic E-state index is 0.0385. The molecule has 0 radical (unpaired) electrons. The van der Waals surface area contributed by atoms with Gasteiger partial charge >= 0.3 is 0 Å². The fourth-order valence-corrected chi connectivity index (χ4v) is 2.10. The molecule has 1 aliphatic carbocycles. The van der Waals surface area contributed by atoms with Crippen molar-refractivity contribution in [1.82, 2.24) is 0 Å². The molecule has 1 aromatic rings. The van der Waals surface area contributed by atoms with Crippen molar-refractivity contribution in [3.05, 3.63) is 28.8 Å². The first-order valence-electron chi connectivity index (χ1n) is 6.46. The van der Waals surface area contributed by atoms with Gasteiger partial charge in [-0.2, -0.15) is 0 Å². The van der Waals surface area contributed by atoms with Gasteiger partial charge in [-0.3, -0.25) is 0 Å². The number of hydrogen-bond acceptors (Lipinski definition) is 2. The van der Waals surface area contributed by atoms with Crippen LogP contribution in [0.2, 0.25) is 0 Å². The van der Waals surface area contributed by atoms with Crippen molar-refractivity contribution in [3.8, 4) is 5.75 Å². The number of ether oxygens (including phenoxy) is 1. The molecular formula is C15H23NO. The number of hydrogen-bond donors (Lipinski definition) is 1. The average molecular weight is 233 g/mol. The van der Waals surface area contributed by atoms with Gasteiger partial charge in [0.25, 0.3) is 0 Å². The van der Waals surface area contributed by atoms with E-state index in [1.165, 1.54) is 16.7 Å². The Bertz CT molecular complexity index is 419. The lowest BCUT2D eigenvalue weighted by molar-refractivity contribution is 0.237. The minimum Gasteiger partial charge on any atom is -0.490 e. The van der Waals surface area contributed by atoms with Gasteiger partial charge in [-0.1, -0.05) is 12.1 Å². The highest BCUT2D eigenvalue weighted by atomic mass is 16.5. The van der Waals surface area contributed by atoms with Crippen LogP contribution in [0, 0.1) is 13.8 Å². The summed E-state index contributed by atoms with van der Waals surface area (Å²) in [7, 11) is 0. The van der Waals surface area contributed by atoms with Crippen LogP contribution in [0.5, 0.6) is 5.75 Å². The molecule has 2 N–H and O–H groups in total. The van der Waals surface area contributed by atoms with Crippen molar-refractivity contribution >= 4 is 0 Å². The maximum atomic E-state index is 6.21. The third kappa shape index (κ3) is 2.81. The van der Waals surface area contributed by atoms with E-state index in [1.54, 1.807) is 0 Å². The Labute approximate surface area is 104 Å². The Morgan fingerprint density at radius 1 is 1.29 bits per heavy atom. The normalized spacial score (nSPS) is 17.3. The summed E-state index contributed by atoms with van der Waals surface area (Å²) in [5, 5.41) is 0. The second-order valence-electron chi connectivity index (χ2n) is 5.70. The molecule has 0 saturated heterocycles. The van der Waals surface area contributed by atoms with Crippen molar-refractivity contribution in [2.75, 3.05) is 0 Å². The van der Waals surface area contributed by atoms with Crippen LogP contribution in [-0.2, 0) is 6.42 Å². The van der Waals surface area contributed by atoms with E-state index in [1.807, 2.05) is 0 Å². The van der Waals surface area contributed by atoms with Crippen LogP contribution in [0.3, 0.4) is 0 Å². The molecule has 2 nitrogen and oxygen atoms in total. The minimum absolute atomic E-state index is 0.0385. The molecule has 0 unspecified atom stereocenters. The first kappa shape index (κ1) is 12.4. The van der Waals surface area contributed by atoms with E-state index in [4.69, 9.17) is 10.5 Å². The first-order valence-corrected chi connectivity index (χ1v) is 6.46. The van der Waals surface area contributed by atoms with E-state index in [-0.39, 0.29) is 11.6 Å². The molecule has 0 amide bonds. The maximum Gasteiger partial charge on any atom is 0.126 e. The fourth-order valence-electron chi connectivity index (χ4n) is 2.10. The van der Waals surface area contributed by atoms with Crippen molar-refractivity contribution < 1.29 is 4.74 Å². The third-order valence-electron chi connectivity index (χ3n) is 3.55. The fraction of sp³-hybridized carbons (Fsp3) is 0.600. The van der Waals surface area contributed by atoms with Gasteiger partial charge in [0.2, 0.25) is 0 Å². The molecule has 0 heterocycles. The van der Waals surface area contributed by atoms with Crippen LogP contribution >= 0.6 is 0 Å². The lowest BCUT2D eigenvalue weighted by atomic mass is 9.98. The predicted molar refractivity (Wildman–Crippen MR) is 71.5 cm³/mol. The van der Waals surface area contributed by atoms with Crippen LogP contribution < -0.4 is 10.5 Å². The van der Waals surface area contributed by atoms with E-state index >= 15 is 0 Å². The van der Waals surface area contributed by atoms with Crippen molar-refractivity contribution in [2.45, 2.75) is 58.6 Å². The zero-order valence-corrected chi connectivity index (χ0v) is 11.3. The summed E-state index contributed by atoms with van der Waals surface area (Å²) >= 11 is 0. The summed E-state index contributed by atoms with van der Waals surface area (Å²) in [6, 6.07) is 4.34. The standard InChI is InChI=1S/C15H23NO/c1-10(2)17-14-12(4)11(3)5-6-13(14)9-15(16)7-8-15/h5-6,10H,7-9,16H2,1-4H3. The number of rotatable bonds is 4. The van der Waals surface area contributed by atoms with Gasteiger partial charge in [0.15, 0.2) is 0 Å². The first-order chi connectivity index (χ1) is 7.91. The summed E-state index contributed by atoms with van der Waals surface area (Å²) in [5.74, 6) is 1.05. The molecule has 2 rings (SSSR count). The molecule has 1 aliphatic rings. The van der Waals surface area contributed by atoms with Crippen molar-refractivity contribution in [2.24, 2.45) is 5.73 Å². The lowest BCUT2D eigenvalue weighted by Gasteiger charge is -2.20. The van der Waals surface area contributed by atoms with Crippen LogP contribution in [0.1, 0.15) is 43.4 Å². The summed E-state index contributed by atoms with van der Waals surface area (Å²) in [5.41, 5.74) is 10.0. The number of benzene rings is 1. The van der Waals surface area contributed by atoms with E-state index in [0.717, 1.165) is 25.0 Å². The highest BCUT2D eigenvalue weighted by Crippen LogP contribution is 2.39. The van der Waals surface area contributed by atoms with Crippen LogP contribution in [-0.4, -0.2) is 11.6 Å². The van der Waals surface area contributed by atoms with E-state index < -0.39 is 0 Å². The van der Waals surface area contributed by atoms with Crippen molar-refractivity contribution in [1.29, 1.82) is 0 Å². The van der Waals surface area contributed by atoms with E-state index in [9.17, 15) is 0 Å². The van der Waals surface area contributed by atoms with Crippen molar-refractivity contribution in [3.63, 3.8) is 0 Å². The maximum absolute atomic E-state index is 6.21. The molecule has 1 saturated carbocycles. The van der Waals surface area contributed by atoms with Gasteiger partial charge in [-0.15, -0.1) is 0 Å². The number of nitrogens with two attached hydrogens (primary N) is 1. The van der Waals surface area contributed by atoms with Crippen LogP contribution in [0.25, 0.3) is 0 Å². The number of aryl methyl sites for hydroxylation is 1. The van der Waals surface area contributed by atoms with Gasteiger partial charge in [0, 0.05) is 5.54 Å². The summed E-state index contributed by atoms with van der Waals surface area (Å²) in [6.07, 6.45) is 3.43. The predicted octanol–water partition coefficient (Wildman–Crippen LogP) is 3.12. The third-order valence-corrected chi connectivity index (χ3v) is 3.55. The second-order valence-corrected chi connectivity index (χ2v) is 5.70. The van der Waals surface area contributed by atoms with Crippen LogP contribution in [0.15, 0.2) is 12.1 Å². The Kier molecular flexibility index (Phi) is 3.17. The molecule has 2 heteroatoms. The summed E-state index contributed by atoms with van der Waals surface area (Å²) in [6.45, 7) is 8.40. The molecule has 94 valence electrons. The molecule has 0 bridgehead atoms. The average Bonchev–Trinajstić information content (AvgIpc) is 2.96. The Hall–Kier alpha value is -1.02. The Morgan fingerprint density at radius 2 is 1.94 bits per heavy atom. The van der Waals surface area contributed by atoms with Gasteiger partial charge in [-0.25, -0.2) is 0 Å². The molecule has 0 spiro atoms. The summed E-state index contributed by atoms with van der Waals surface area (Å²) < 4.78 is 5.98. The zero-order chi connectivity index (χ0) is 12.6. The molecule has 1 fully saturated rings. The van der Waals surface area contributed by atoms with Crippen LogP contribution in [0.4, 0.5) is 0 Å². The highest BCUT2D eigenvalue weighted by molar-refractivity contribution is 5.46. The lowest BCUT2D eigenvalue weighted by Crippen LogP contribution is -2.25. The monoisotopic (exact) mass is 233 g/mol. The van der Waals surface area contributed by atoms with Gasteiger partial charge in [-0.05, 0) is 63.6 Å². The van der Waals surface area contributed by atoms with Gasteiger partial charge in [0.05, 0.1) is 6.10 Å². The quantitative estimate of drug-likeness (QED) is 0.867. The Morgan fingerprint density at radius 3 is 2.47 bits per heavy atom. The summed E-state index contributed by atoms with van der Waals surface area (Å²) in [4.78, 5) is 0. The molecule has 0 aliphatic heterocycles. The smallest absolute Gasteiger partial charge is 0.126 e. The largest absolute Gasteiger partial charge is 0.490 e. The zero-order valence-electron chi connectivity index (χ0n) is 11.3. The van der Waals surface area contributed by atoms with Gasteiger partial charge < -0.3 is 10.5 Å². The second kappa shape index (κ2) is 4.34. The molecule has 0 atom stereocenters. The molecular weight excluding hydrogens is 210 g/mol. The Balaban J connectivity index is 2.32. The topological polar surface area (TPSA) is 35.2 Å². The molecule has 1 aromatic carbocycles. The van der Waals surface area contributed by atoms with E-state index in [0.29, 0.717) is 0 Å². The molecule has 0 aromatic heterocycles. The molecule has 17 heavy (non-hydrogen) atoms.